The van der Waals surface area contributed by atoms with Gasteiger partial charge in [0.05, 0.1) is 5.60 Å². The van der Waals surface area contributed by atoms with Crippen molar-refractivity contribution in [1.82, 2.24) is 0 Å². The molecule has 0 bridgehead atoms. The first kappa shape index (κ1) is 20.2. The maximum atomic E-state index is 12.3. The van der Waals surface area contributed by atoms with Gasteiger partial charge in [-0.2, -0.15) is 0 Å². The third kappa shape index (κ3) is 4.72. The summed E-state index contributed by atoms with van der Waals surface area (Å²) in [5.74, 6) is 2.40. The zero-order chi connectivity index (χ0) is 18.2. The summed E-state index contributed by atoms with van der Waals surface area (Å²) in [6.07, 6.45) is 9.30. The van der Waals surface area contributed by atoms with Crippen molar-refractivity contribution in [1.29, 1.82) is 0 Å². The van der Waals surface area contributed by atoms with E-state index >= 15 is 0 Å². The third-order valence-corrected chi connectivity index (χ3v) is 7.81. The molecule has 2 saturated carbocycles. The van der Waals surface area contributed by atoms with Crippen molar-refractivity contribution in [3.63, 3.8) is 0 Å². The smallest absolute Gasteiger partial charge is 0.184 e. The molecule has 140 valence electrons. The van der Waals surface area contributed by atoms with Gasteiger partial charge in [-0.25, -0.2) is 0 Å². The van der Waals surface area contributed by atoms with Crippen LogP contribution in [-0.4, -0.2) is 19.7 Å². The Balaban J connectivity index is 1.87. The third-order valence-electron chi connectivity index (χ3n) is 6.64. The molecule has 0 spiro atoms. The molecule has 0 radical (unpaired) electrons. The van der Waals surface area contributed by atoms with E-state index < -0.39 is 8.32 Å². The standard InChI is InChI=1S/C21H40O2Si/c1-16(10-8-14-20(2,3)23-24(5,6)7)17-12-13-18-19(22)11-9-15-21(17,18)4/h16-18H,8-15H2,1-7H3/t16-,17-,18?,21-/m1/s1. The van der Waals surface area contributed by atoms with E-state index in [0.29, 0.717) is 17.1 Å². The second kappa shape index (κ2) is 7.23. The number of hydrogen-bond acceptors (Lipinski definition) is 2. The number of rotatable bonds is 7. The minimum absolute atomic E-state index is 0.00705. The molecule has 0 N–H and O–H groups in total. The van der Waals surface area contributed by atoms with Crippen molar-refractivity contribution in [2.75, 3.05) is 0 Å². The molecular weight excluding hydrogens is 312 g/mol. The fourth-order valence-corrected chi connectivity index (χ4v) is 7.60. The van der Waals surface area contributed by atoms with Gasteiger partial charge in [-0.05, 0) is 82.8 Å². The molecule has 3 heteroatoms. The Morgan fingerprint density at radius 3 is 2.58 bits per heavy atom. The number of ketones is 1. The highest BCUT2D eigenvalue weighted by atomic mass is 28.4. The van der Waals surface area contributed by atoms with E-state index in [4.69, 9.17) is 4.43 Å². The van der Waals surface area contributed by atoms with Crippen LogP contribution in [0.5, 0.6) is 0 Å². The van der Waals surface area contributed by atoms with Gasteiger partial charge in [0, 0.05) is 12.3 Å². The van der Waals surface area contributed by atoms with Gasteiger partial charge in [0.1, 0.15) is 5.78 Å². The minimum atomic E-state index is -1.48. The number of fused-ring (bicyclic) bond motifs is 1. The van der Waals surface area contributed by atoms with Gasteiger partial charge in [0.25, 0.3) is 0 Å². The molecule has 1 unspecified atom stereocenters. The van der Waals surface area contributed by atoms with Crippen LogP contribution in [0.1, 0.15) is 79.1 Å². The van der Waals surface area contributed by atoms with Crippen LogP contribution in [0, 0.1) is 23.2 Å². The average molecular weight is 353 g/mol. The van der Waals surface area contributed by atoms with Crippen LogP contribution in [0.3, 0.4) is 0 Å². The first-order chi connectivity index (χ1) is 10.9. The second-order valence-corrected chi connectivity index (χ2v) is 14.8. The predicted molar refractivity (Wildman–Crippen MR) is 105 cm³/mol. The molecule has 24 heavy (non-hydrogen) atoms. The molecule has 0 aromatic heterocycles. The molecule has 0 aromatic rings. The van der Waals surface area contributed by atoms with E-state index in [9.17, 15) is 4.79 Å². The zero-order valence-electron chi connectivity index (χ0n) is 17.2. The number of Topliss-reactive ketones (excluding diaryl/α,β-unsaturated/α-hetero) is 1. The number of carbonyl (C=O) groups is 1. The number of hydrogen-bond donors (Lipinski definition) is 0. The normalized spacial score (nSPS) is 32.7. The highest BCUT2D eigenvalue weighted by molar-refractivity contribution is 6.69. The maximum Gasteiger partial charge on any atom is 0.184 e. The molecule has 4 atom stereocenters. The second-order valence-electron chi connectivity index (χ2n) is 10.4. The average Bonchev–Trinajstić information content (AvgIpc) is 2.74. The van der Waals surface area contributed by atoms with Crippen molar-refractivity contribution >= 4 is 14.1 Å². The molecule has 2 rings (SSSR count). The summed E-state index contributed by atoms with van der Waals surface area (Å²) in [4.78, 5) is 12.3. The molecule has 0 heterocycles. The largest absolute Gasteiger partial charge is 0.413 e. The molecular formula is C21H40O2Si. The first-order valence-electron chi connectivity index (χ1n) is 10.2. The zero-order valence-corrected chi connectivity index (χ0v) is 18.2. The Labute approximate surface area is 151 Å². The van der Waals surface area contributed by atoms with Crippen LogP contribution in [0.25, 0.3) is 0 Å². The van der Waals surface area contributed by atoms with E-state index in [0.717, 1.165) is 37.5 Å². The van der Waals surface area contributed by atoms with E-state index in [1.165, 1.54) is 25.7 Å². The molecule has 2 fully saturated rings. The summed E-state index contributed by atoms with van der Waals surface area (Å²) in [6, 6.07) is 0. The Bertz CT molecular complexity index is 451. The lowest BCUT2D eigenvalue weighted by molar-refractivity contribution is -0.130. The summed E-state index contributed by atoms with van der Waals surface area (Å²) in [6.45, 7) is 16.2. The lowest BCUT2D eigenvalue weighted by Crippen LogP contribution is -2.39. The summed E-state index contributed by atoms with van der Waals surface area (Å²) in [5, 5.41) is 0. The Kier molecular flexibility index (Phi) is 6.07. The van der Waals surface area contributed by atoms with Crippen LogP contribution in [0.2, 0.25) is 19.6 Å². The van der Waals surface area contributed by atoms with E-state index in [1.54, 1.807) is 0 Å². The molecule has 0 aromatic carbocycles. The van der Waals surface area contributed by atoms with E-state index in [2.05, 4.69) is 47.3 Å². The maximum absolute atomic E-state index is 12.3. The first-order valence-corrected chi connectivity index (χ1v) is 13.6. The van der Waals surface area contributed by atoms with Crippen LogP contribution in [0.15, 0.2) is 0 Å². The van der Waals surface area contributed by atoms with Gasteiger partial charge >= 0.3 is 0 Å². The van der Waals surface area contributed by atoms with Gasteiger partial charge in [-0.1, -0.05) is 26.7 Å². The van der Waals surface area contributed by atoms with Crippen molar-refractivity contribution in [3.8, 4) is 0 Å². The Hall–Kier alpha value is -0.153. The highest BCUT2D eigenvalue weighted by Crippen LogP contribution is 2.57. The predicted octanol–water partition coefficient (Wildman–Crippen LogP) is 6.21. The van der Waals surface area contributed by atoms with Crippen molar-refractivity contribution in [2.24, 2.45) is 23.2 Å². The quantitative estimate of drug-likeness (QED) is 0.509. The van der Waals surface area contributed by atoms with Crippen LogP contribution in [0.4, 0.5) is 0 Å². The highest BCUT2D eigenvalue weighted by Gasteiger charge is 2.52. The summed E-state index contributed by atoms with van der Waals surface area (Å²) < 4.78 is 6.35. The molecule has 0 aliphatic heterocycles. The van der Waals surface area contributed by atoms with Gasteiger partial charge in [-0.3, -0.25) is 4.79 Å². The van der Waals surface area contributed by atoms with Crippen molar-refractivity contribution in [2.45, 2.75) is 104 Å². The van der Waals surface area contributed by atoms with Gasteiger partial charge in [0.2, 0.25) is 0 Å². The van der Waals surface area contributed by atoms with Gasteiger partial charge in [-0.15, -0.1) is 0 Å². The molecule has 2 aliphatic rings. The van der Waals surface area contributed by atoms with E-state index in [1.807, 2.05) is 0 Å². The lowest BCUT2D eigenvalue weighted by atomic mass is 9.62. The van der Waals surface area contributed by atoms with Gasteiger partial charge < -0.3 is 4.43 Å². The molecule has 0 saturated heterocycles. The molecule has 2 aliphatic carbocycles. The lowest BCUT2D eigenvalue weighted by Gasteiger charge is -2.42. The van der Waals surface area contributed by atoms with Crippen LogP contribution in [-0.2, 0) is 9.22 Å². The fourth-order valence-electron chi connectivity index (χ4n) is 5.84. The monoisotopic (exact) mass is 352 g/mol. The number of carbonyl (C=O) groups excluding carboxylic acids is 1. The van der Waals surface area contributed by atoms with Crippen LogP contribution < -0.4 is 0 Å². The minimum Gasteiger partial charge on any atom is -0.413 e. The van der Waals surface area contributed by atoms with Crippen molar-refractivity contribution in [3.05, 3.63) is 0 Å². The Morgan fingerprint density at radius 2 is 1.96 bits per heavy atom. The topological polar surface area (TPSA) is 26.3 Å². The van der Waals surface area contributed by atoms with Crippen molar-refractivity contribution < 1.29 is 9.22 Å². The SMILES string of the molecule is C[C@H](CCCC(C)(C)O[Si](C)(C)C)[C@H]1CCC2C(=O)CCC[C@@]21C. The summed E-state index contributed by atoms with van der Waals surface area (Å²) >= 11 is 0. The van der Waals surface area contributed by atoms with Gasteiger partial charge in [0.15, 0.2) is 8.32 Å². The van der Waals surface area contributed by atoms with E-state index in [-0.39, 0.29) is 5.60 Å². The fraction of sp³-hybridized carbons (Fsp3) is 0.952. The summed E-state index contributed by atoms with van der Waals surface area (Å²) in [5.41, 5.74) is 0.298. The summed E-state index contributed by atoms with van der Waals surface area (Å²) in [7, 11) is -1.48. The molecule has 0 amide bonds. The van der Waals surface area contributed by atoms with Crippen LogP contribution >= 0.6 is 0 Å². The Morgan fingerprint density at radius 1 is 1.29 bits per heavy atom. The molecule has 2 nitrogen and oxygen atoms in total.